The summed E-state index contributed by atoms with van der Waals surface area (Å²) in [4.78, 5) is 11.7. The molecule has 0 N–H and O–H groups in total. The summed E-state index contributed by atoms with van der Waals surface area (Å²) in [7, 11) is -1.70. The lowest BCUT2D eigenvalue weighted by Gasteiger charge is -2.21. The van der Waals surface area contributed by atoms with Crippen LogP contribution in [0.25, 0.3) is 11.1 Å². The van der Waals surface area contributed by atoms with Crippen LogP contribution in [-0.2, 0) is 38.8 Å². The Morgan fingerprint density at radius 1 is 1.02 bits per heavy atom. The molecule has 226 valence electrons. The number of fused-ring (bicyclic) bond motifs is 1. The summed E-state index contributed by atoms with van der Waals surface area (Å²) in [6.45, 7) is 5.04. The third kappa shape index (κ3) is 7.52. The molecule has 0 aliphatic carbocycles. The van der Waals surface area contributed by atoms with E-state index in [4.69, 9.17) is 42.1 Å². The van der Waals surface area contributed by atoms with Crippen LogP contribution in [0, 0.1) is 0 Å². The number of hydrogen-bond donors (Lipinski definition) is 0. The van der Waals surface area contributed by atoms with Crippen LogP contribution in [-0.4, -0.2) is 46.7 Å². The molecule has 0 bridgehead atoms. The fourth-order valence-corrected chi connectivity index (χ4v) is 6.64. The van der Waals surface area contributed by atoms with E-state index < -0.39 is 9.84 Å². The second kappa shape index (κ2) is 14.0. The average molecular weight is 636 g/mol. The number of benzene rings is 3. The number of methoxy groups -OCH3 is 1. The summed E-state index contributed by atoms with van der Waals surface area (Å²) >= 11 is 13.7. The molecule has 1 aliphatic heterocycles. The van der Waals surface area contributed by atoms with Crippen molar-refractivity contribution >= 4 is 39.0 Å². The van der Waals surface area contributed by atoms with Crippen LogP contribution in [0.1, 0.15) is 54.9 Å². The summed E-state index contributed by atoms with van der Waals surface area (Å²) in [6.07, 6.45) is 3.15. The van der Waals surface area contributed by atoms with E-state index in [-0.39, 0.29) is 30.7 Å². The largest absolute Gasteiger partial charge is 0.492 e. The van der Waals surface area contributed by atoms with Crippen molar-refractivity contribution in [3.05, 3.63) is 74.8 Å². The van der Waals surface area contributed by atoms with Crippen LogP contribution < -0.4 is 14.2 Å². The Kier molecular flexibility index (Phi) is 10.7. The van der Waals surface area contributed by atoms with Gasteiger partial charge in [-0.05, 0) is 59.2 Å². The lowest BCUT2D eigenvalue weighted by molar-refractivity contribution is -0.141. The van der Waals surface area contributed by atoms with E-state index in [0.29, 0.717) is 54.0 Å². The van der Waals surface area contributed by atoms with Gasteiger partial charge in [0.25, 0.3) is 0 Å². The first-order valence-electron chi connectivity index (χ1n) is 13.9. The molecule has 0 spiro atoms. The molecule has 0 saturated heterocycles. The van der Waals surface area contributed by atoms with Crippen molar-refractivity contribution in [2.75, 3.05) is 32.3 Å². The van der Waals surface area contributed by atoms with Crippen molar-refractivity contribution in [2.24, 2.45) is 0 Å². The number of carbonyl (C=O) groups excluding carboxylic acids is 1. The summed E-state index contributed by atoms with van der Waals surface area (Å²) in [5.41, 5.74) is 5.74. The fourth-order valence-electron chi connectivity index (χ4n) is 5.19. The zero-order valence-electron chi connectivity index (χ0n) is 24.3. The second-order valence-electron chi connectivity index (χ2n) is 10.3. The van der Waals surface area contributed by atoms with Crippen LogP contribution in [0.4, 0.5) is 0 Å². The molecule has 0 aromatic heterocycles. The molecular formula is C32H36Cl2O7S. The summed E-state index contributed by atoms with van der Waals surface area (Å²) in [6, 6.07) is 13.8. The molecule has 4 rings (SSSR count). The van der Waals surface area contributed by atoms with Crippen molar-refractivity contribution in [3.8, 4) is 28.4 Å². The quantitative estimate of drug-likeness (QED) is 0.145. The predicted molar refractivity (Wildman–Crippen MR) is 166 cm³/mol. The summed E-state index contributed by atoms with van der Waals surface area (Å²) in [5, 5.41) is 0.888. The highest BCUT2D eigenvalue weighted by atomic mass is 35.5. The Morgan fingerprint density at radius 2 is 1.74 bits per heavy atom. The smallest absolute Gasteiger partial charge is 0.306 e. The van der Waals surface area contributed by atoms with Crippen molar-refractivity contribution in [1.82, 2.24) is 0 Å². The van der Waals surface area contributed by atoms with Crippen LogP contribution in [0.15, 0.2) is 42.5 Å². The number of halogens is 2. The zero-order chi connectivity index (χ0) is 30.4. The summed E-state index contributed by atoms with van der Waals surface area (Å²) in [5.74, 6) is 1.54. The Labute approximate surface area is 257 Å². The van der Waals surface area contributed by atoms with E-state index >= 15 is 0 Å². The van der Waals surface area contributed by atoms with Crippen molar-refractivity contribution in [1.29, 1.82) is 0 Å². The first-order chi connectivity index (χ1) is 20.1. The van der Waals surface area contributed by atoms with Crippen molar-refractivity contribution < 1.29 is 32.2 Å². The van der Waals surface area contributed by atoms with Crippen molar-refractivity contribution in [3.63, 3.8) is 0 Å². The van der Waals surface area contributed by atoms with Gasteiger partial charge < -0.3 is 18.9 Å². The molecular weight excluding hydrogens is 599 g/mol. The van der Waals surface area contributed by atoms with Crippen LogP contribution >= 0.6 is 23.2 Å². The fraction of sp³-hybridized carbons (Fsp3) is 0.406. The number of esters is 1. The highest BCUT2D eigenvalue weighted by molar-refractivity contribution is 7.90. The monoisotopic (exact) mass is 634 g/mol. The molecule has 3 aromatic rings. The Hall–Kier alpha value is -2.94. The number of rotatable bonds is 13. The lowest BCUT2D eigenvalue weighted by Crippen LogP contribution is -2.09. The van der Waals surface area contributed by atoms with E-state index in [0.717, 1.165) is 39.1 Å². The molecule has 1 aliphatic rings. The Bertz CT molecular complexity index is 1520. The molecule has 0 amide bonds. The molecule has 7 nitrogen and oxygen atoms in total. The van der Waals surface area contributed by atoms with Crippen molar-refractivity contribution in [2.45, 2.75) is 52.1 Å². The molecule has 0 saturated carbocycles. The number of hydrogen-bond acceptors (Lipinski definition) is 7. The van der Waals surface area contributed by atoms with Gasteiger partial charge in [0.15, 0.2) is 5.75 Å². The standard InChI is InChI=1S/C32H36Cl2O7S/c1-5-24-29(25(6-2)31(34)32(30(24)33)39-13-8-14-42(4,36)37)21-10-7-9-20(15-21)18-40-23-11-12-26-22(16-28(35)38-3)19-41-27(26)17-23/h7,9-12,15,17,22H,5-6,8,13-14,16,18-19H2,1-4H3/t22-/m1/s1. The maximum absolute atomic E-state index is 11.7. The van der Waals surface area contributed by atoms with Gasteiger partial charge in [0.1, 0.15) is 27.9 Å². The molecule has 0 fully saturated rings. The van der Waals surface area contributed by atoms with E-state index in [1.165, 1.54) is 13.4 Å². The first kappa shape index (κ1) is 32.0. The molecule has 0 radical (unpaired) electrons. The van der Waals surface area contributed by atoms with Gasteiger partial charge in [0, 0.05) is 23.8 Å². The minimum Gasteiger partial charge on any atom is -0.492 e. The SMILES string of the molecule is CCc1c(Cl)c(OCCCS(C)(=O)=O)c(Cl)c(CC)c1-c1cccc(COc2ccc3c(c2)OC[C@H]3CC(=O)OC)c1. The molecule has 3 aromatic carbocycles. The van der Waals surface area contributed by atoms with Gasteiger partial charge in [-0.15, -0.1) is 0 Å². The Morgan fingerprint density at radius 3 is 2.38 bits per heavy atom. The Balaban J connectivity index is 1.54. The van der Waals surface area contributed by atoms with Gasteiger partial charge in [0.05, 0.1) is 42.5 Å². The third-order valence-corrected chi connectivity index (χ3v) is 9.10. The van der Waals surface area contributed by atoms with Gasteiger partial charge in [-0.1, -0.05) is 61.3 Å². The van der Waals surface area contributed by atoms with Gasteiger partial charge in [-0.25, -0.2) is 8.42 Å². The summed E-state index contributed by atoms with van der Waals surface area (Å²) < 4.78 is 45.6. The van der Waals surface area contributed by atoms with Gasteiger partial charge in [-0.3, -0.25) is 4.79 Å². The number of sulfone groups is 1. The average Bonchev–Trinajstić information content (AvgIpc) is 3.36. The van der Waals surface area contributed by atoms with Gasteiger partial charge >= 0.3 is 5.97 Å². The van der Waals surface area contributed by atoms with Gasteiger partial charge in [-0.2, -0.15) is 0 Å². The third-order valence-electron chi connectivity index (χ3n) is 7.27. The van der Waals surface area contributed by atoms with Crippen LogP contribution in [0.3, 0.4) is 0 Å². The van der Waals surface area contributed by atoms with E-state index in [9.17, 15) is 13.2 Å². The van der Waals surface area contributed by atoms with Gasteiger partial charge in [0.2, 0.25) is 0 Å². The minimum atomic E-state index is -3.08. The predicted octanol–water partition coefficient (Wildman–Crippen LogP) is 7.22. The highest BCUT2D eigenvalue weighted by Gasteiger charge is 2.27. The normalized spacial score (nSPS) is 14.3. The molecule has 1 atom stereocenters. The molecule has 42 heavy (non-hydrogen) atoms. The molecule has 1 heterocycles. The minimum absolute atomic E-state index is 0.0263. The second-order valence-corrected chi connectivity index (χ2v) is 13.3. The maximum atomic E-state index is 11.7. The van der Waals surface area contributed by atoms with E-state index in [1.54, 1.807) is 0 Å². The highest BCUT2D eigenvalue weighted by Crippen LogP contribution is 2.46. The van der Waals surface area contributed by atoms with Crippen LogP contribution in [0.2, 0.25) is 10.0 Å². The topological polar surface area (TPSA) is 88.1 Å². The molecule has 0 unspecified atom stereocenters. The van der Waals surface area contributed by atoms with E-state index in [2.05, 4.69) is 6.07 Å². The first-order valence-corrected chi connectivity index (χ1v) is 16.8. The molecule has 10 heteroatoms. The number of ether oxygens (including phenoxy) is 4. The number of carbonyl (C=O) groups is 1. The van der Waals surface area contributed by atoms with Crippen LogP contribution in [0.5, 0.6) is 17.2 Å². The maximum Gasteiger partial charge on any atom is 0.306 e. The lowest BCUT2D eigenvalue weighted by atomic mass is 9.90. The zero-order valence-corrected chi connectivity index (χ0v) is 26.6. The van der Waals surface area contributed by atoms with E-state index in [1.807, 2.05) is 50.2 Å².